The van der Waals surface area contributed by atoms with Crippen LogP contribution in [0.3, 0.4) is 0 Å². The number of rotatable bonds is 9. The highest BCUT2D eigenvalue weighted by Gasteiger charge is 2.57. The van der Waals surface area contributed by atoms with Gasteiger partial charge in [-0.2, -0.15) is 5.26 Å². The van der Waals surface area contributed by atoms with Crippen molar-refractivity contribution >= 4 is 0 Å². The van der Waals surface area contributed by atoms with Crippen molar-refractivity contribution in [3.63, 3.8) is 0 Å². The number of hydrogen-bond donors (Lipinski definition) is 1. The van der Waals surface area contributed by atoms with Crippen LogP contribution >= 0.6 is 0 Å². The van der Waals surface area contributed by atoms with E-state index >= 15 is 0 Å². The smallest absolute Gasteiger partial charge is 0.165 e. The highest BCUT2D eigenvalue weighted by molar-refractivity contribution is 5.21. The summed E-state index contributed by atoms with van der Waals surface area (Å²) in [4.78, 5) is 0. The molecule has 120 valence electrons. The zero-order valence-electron chi connectivity index (χ0n) is 13.7. The molecule has 0 aliphatic heterocycles. The van der Waals surface area contributed by atoms with Gasteiger partial charge in [0.2, 0.25) is 0 Å². The first-order valence-corrected chi connectivity index (χ1v) is 8.11. The van der Waals surface area contributed by atoms with Gasteiger partial charge in [0.25, 0.3) is 0 Å². The van der Waals surface area contributed by atoms with Gasteiger partial charge in [-0.05, 0) is 39.2 Å². The van der Waals surface area contributed by atoms with Gasteiger partial charge < -0.3 is 9.47 Å². The minimum Gasteiger partial charge on any atom is -0.352 e. The van der Waals surface area contributed by atoms with Crippen molar-refractivity contribution in [3.05, 3.63) is 35.9 Å². The molecule has 0 amide bonds. The molecule has 0 spiro atoms. The van der Waals surface area contributed by atoms with Gasteiger partial charge in [0.05, 0.1) is 11.5 Å². The molecular weight excluding hydrogens is 276 g/mol. The second-order valence-corrected chi connectivity index (χ2v) is 5.84. The Hall–Kier alpha value is -1.41. The van der Waals surface area contributed by atoms with Crippen molar-refractivity contribution in [2.45, 2.75) is 52.0 Å². The Bertz CT molecular complexity index is 488. The maximum atomic E-state index is 9.66. The molecule has 1 N–H and O–H groups in total. The summed E-state index contributed by atoms with van der Waals surface area (Å²) in [5, 5.41) is 13.1. The van der Waals surface area contributed by atoms with Crippen molar-refractivity contribution in [3.8, 4) is 6.07 Å². The van der Waals surface area contributed by atoms with Crippen LogP contribution < -0.4 is 5.32 Å². The summed E-state index contributed by atoms with van der Waals surface area (Å²) >= 11 is 0. The van der Waals surface area contributed by atoms with Crippen molar-refractivity contribution in [2.24, 2.45) is 5.41 Å². The first-order valence-electron chi connectivity index (χ1n) is 8.11. The normalized spacial score (nSPS) is 18.7. The van der Waals surface area contributed by atoms with Gasteiger partial charge in [-0.15, -0.1) is 0 Å². The Morgan fingerprint density at radius 2 is 1.77 bits per heavy atom. The molecule has 1 aromatic rings. The van der Waals surface area contributed by atoms with Gasteiger partial charge >= 0.3 is 0 Å². The molecule has 0 saturated heterocycles. The number of nitriles is 1. The van der Waals surface area contributed by atoms with E-state index in [4.69, 9.17) is 9.47 Å². The van der Waals surface area contributed by atoms with Gasteiger partial charge in [0, 0.05) is 19.3 Å². The lowest BCUT2D eigenvalue weighted by molar-refractivity contribution is -0.179. The third-order valence-corrected chi connectivity index (χ3v) is 4.35. The Kier molecular flexibility index (Phi) is 5.96. The zero-order valence-corrected chi connectivity index (χ0v) is 13.7. The van der Waals surface area contributed by atoms with E-state index in [2.05, 4.69) is 30.4 Å². The molecule has 1 saturated carbocycles. The Labute approximate surface area is 133 Å². The summed E-state index contributed by atoms with van der Waals surface area (Å²) in [7, 11) is 0. The molecular formula is C18H26N2O2. The molecule has 1 aliphatic carbocycles. The maximum Gasteiger partial charge on any atom is 0.165 e. The molecule has 2 atom stereocenters. The molecule has 1 aromatic carbocycles. The van der Waals surface area contributed by atoms with E-state index in [0.717, 1.165) is 12.8 Å². The van der Waals surface area contributed by atoms with Crippen molar-refractivity contribution in [1.82, 2.24) is 5.32 Å². The van der Waals surface area contributed by atoms with Crippen LogP contribution in [0.5, 0.6) is 0 Å². The molecule has 0 bridgehead atoms. The van der Waals surface area contributed by atoms with Gasteiger partial charge in [-0.25, -0.2) is 0 Å². The summed E-state index contributed by atoms with van der Waals surface area (Å²) in [6, 6.07) is 12.5. The Morgan fingerprint density at radius 3 is 2.23 bits per heavy atom. The van der Waals surface area contributed by atoms with Crippen LogP contribution in [0.4, 0.5) is 0 Å². The highest BCUT2D eigenvalue weighted by atomic mass is 16.7. The third-order valence-electron chi connectivity index (χ3n) is 4.35. The maximum absolute atomic E-state index is 9.66. The first kappa shape index (κ1) is 17.0. The number of hydrogen-bond acceptors (Lipinski definition) is 4. The van der Waals surface area contributed by atoms with Crippen LogP contribution in [-0.2, 0) is 9.47 Å². The van der Waals surface area contributed by atoms with E-state index in [1.807, 2.05) is 32.0 Å². The lowest BCUT2D eigenvalue weighted by Crippen LogP contribution is -2.45. The topological polar surface area (TPSA) is 54.3 Å². The van der Waals surface area contributed by atoms with E-state index in [-0.39, 0.29) is 23.8 Å². The summed E-state index contributed by atoms with van der Waals surface area (Å²) in [6.45, 7) is 7.21. The van der Waals surface area contributed by atoms with Crippen LogP contribution in [0, 0.1) is 16.7 Å². The molecule has 22 heavy (non-hydrogen) atoms. The minimum atomic E-state index is -0.303. The SMILES string of the molecule is CCOC(OCC)C1([C@H](C#N)N[C@@H](C)c2ccccc2)CC1. The fourth-order valence-corrected chi connectivity index (χ4v) is 2.91. The predicted octanol–water partition coefficient (Wildman–Crippen LogP) is 3.41. The Balaban J connectivity index is 2.09. The van der Waals surface area contributed by atoms with Gasteiger partial charge in [-0.1, -0.05) is 30.3 Å². The first-order chi connectivity index (χ1) is 10.7. The van der Waals surface area contributed by atoms with Crippen LogP contribution in [0.1, 0.15) is 45.2 Å². The van der Waals surface area contributed by atoms with Crippen molar-refractivity contribution < 1.29 is 9.47 Å². The van der Waals surface area contributed by atoms with E-state index in [9.17, 15) is 5.26 Å². The third kappa shape index (κ3) is 3.67. The quantitative estimate of drug-likeness (QED) is 0.710. The van der Waals surface area contributed by atoms with Crippen LogP contribution in [-0.4, -0.2) is 25.5 Å². The lowest BCUT2D eigenvalue weighted by Gasteiger charge is -2.32. The molecule has 4 nitrogen and oxygen atoms in total. The standard InChI is InChI=1S/C18H26N2O2/c1-4-21-17(22-5-2)18(11-12-18)16(13-19)20-14(3)15-9-7-6-8-10-15/h6-10,14,16-17,20H,4-5,11-12H2,1-3H3/t14-,16-/m0/s1. The zero-order chi connectivity index (χ0) is 16.0. The van der Waals surface area contributed by atoms with E-state index in [1.165, 1.54) is 5.56 Å². The molecule has 0 heterocycles. The highest BCUT2D eigenvalue weighted by Crippen LogP contribution is 2.53. The summed E-state index contributed by atoms with van der Waals surface area (Å²) in [5.41, 5.74) is 0.965. The van der Waals surface area contributed by atoms with Gasteiger partial charge in [0.15, 0.2) is 6.29 Å². The number of nitrogens with one attached hydrogen (secondary N) is 1. The fraction of sp³-hybridized carbons (Fsp3) is 0.611. The molecule has 0 aromatic heterocycles. The summed E-state index contributed by atoms with van der Waals surface area (Å²) < 4.78 is 11.5. The van der Waals surface area contributed by atoms with Gasteiger partial charge in [-0.3, -0.25) is 5.32 Å². The monoisotopic (exact) mass is 302 g/mol. The number of nitrogens with zero attached hydrogens (tertiary/aromatic N) is 1. The van der Waals surface area contributed by atoms with Crippen LogP contribution in [0.25, 0.3) is 0 Å². The van der Waals surface area contributed by atoms with Crippen LogP contribution in [0.15, 0.2) is 30.3 Å². The number of benzene rings is 1. The largest absolute Gasteiger partial charge is 0.352 e. The van der Waals surface area contributed by atoms with Gasteiger partial charge in [0.1, 0.15) is 6.04 Å². The summed E-state index contributed by atoms with van der Waals surface area (Å²) in [5.74, 6) is 0. The molecule has 1 fully saturated rings. The lowest BCUT2D eigenvalue weighted by atomic mass is 9.94. The predicted molar refractivity (Wildman–Crippen MR) is 86.1 cm³/mol. The molecule has 1 aliphatic rings. The van der Waals surface area contributed by atoms with E-state index in [1.54, 1.807) is 0 Å². The average molecular weight is 302 g/mol. The van der Waals surface area contributed by atoms with Crippen molar-refractivity contribution in [2.75, 3.05) is 13.2 Å². The van der Waals surface area contributed by atoms with E-state index in [0.29, 0.717) is 13.2 Å². The minimum absolute atomic E-state index is 0.118. The molecule has 4 heteroatoms. The second-order valence-electron chi connectivity index (χ2n) is 5.84. The fourth-order valence-electron chi connectivity index (χ4n) is 2.91. The van der Waals surface area contributed by atoms with E-state index < -0.39 is 0 Å². The second kappa shape index (κ2) is 7.73. The van der Waals surface area contributed by atoms with Crippen LogP contribution in [0.2, 0.25) is 0 Å². The van der Waals surface area contributed by atoms with Crippen molar-refractivity contribution in [1.29, 1.82) is 5.26 Å². The summed E-state index contributed by atoms with van der Waals surface area (Å²) in [6.07, 6.45) is 1.62. The Morgan fingerprint density at radius 1 is 1.18 bits per heavy atom. The molecule has 0 unspecified atom stereocenters. The molecule has 0 radical (unpaired) electrons. The average Bonchev–Trinajstić information content (AvgIpc) is 3.34. The number of ether oxygens (including phenoxy) is 2. The molecule has 2 rings (SSSR count).